The Hall–Kier alpha value is -0.630. The highest BCUT2D eigenvalue weighted by atomic mass is 16.5. The molecule has 1 aliphatic heterocycles. The molecule has 0 unspecified atom stereocenters. The maximum Gasteiger partial charge on any atom is 0.125 e. The lowest BCUT2D eigenvalue weighted by Crippen LogP contribution is -2.25. The maximum absolute atomic E-state index is 10.5. The van der Waals surface area contributed by atoms with Gasteiger partial charge in [-0.05, 0) is 19.8 Å². The third kappa shape index (κ3) is 1.75. The van der Waals surface area contributed by atoms with E-state index in [1.807, 2.05) is 19.9 Å². The number of aldehydes is 1. The minimum Gasteiger partial charge on any atom is -0.367 e. The van der Waals surface area contributed by atoms with Gasteiger partial charge in [0.2, 0.25) is 0 Å². The highest BCUT2D eigenvalue weighted by Gasteiger charge is 2.35. The van der Waals surface area contributed by atoms with E-state index in [4.69, 9.17) is 4.74 Å². The maximum atomic E-state index is 10.5. The highest BCUT2D eigenvalue weighted by molar-refractivity contribution is 5.53. The van der Waals surface area contributed by atoms with Crippen molar-refractivity contribution in [2.75, 3.05) is 0 Å². The van der Waals surface area contributed by atoms with Gasteiger partial charge in [0.25, 0.3) is 0 Å². The van der Waals surface area contributed by atoms with Gasteiger partial charge in [0.15, 0.2) is 0 Å². The molecule has 0 radical (unpaired) electrons. The van der Waals surface area contributed by atoms with Crippen molar-refractivity contribution in [3.8, 4) is 0 Å². The van der Waals surface area contributed by atoms with Crippen molar-refractivity contribution in [3.63, 3.8) is 0 Å². The fourth-order valence-corrected chi connectivity index (χ4v) is 1.50. The Morgan fingerprint density at radius 3 is 2.83 bits per heavy atom. The van der Waals surface area contributed by atoms with E-state index < -0.39 is 0 Å². The van der Waals surface area contributed by atoms with Crippen LogP contribution in [0.5, 0.6) is 0 Å². The first-order valence-corrected chi connectivity index (χ1v) is 4.38. The van der Waals surface area contributed by atoms with E-state index in [1.165, 1.54) is 0 Å². The molecule has 0 aliphatic carbocycles. The van der Waals surface area contributed by atoms with Crippen molar-refractivity contribution in [2.45, 2.75) is 38.4 Å². The second-order valence-electron chi connectivity index (χ2n) is 3.71. The summed E-state index contributed by atoms with van der Waals surface area (Å²) in [5.74, 6) is 0.00627. The van der Waals surface area contributed by atoms with Crippen LogP contribution in [0.2, 0.25) is 0 Å². The molecule has 68 valence electrons. The van der Waals surface area contributed by atoms with Crippen LogP contribution in [0.3, 0.4) is 0 Å². The quantitative estimate of drug-likeness (QED) is 0.475. The van der Waals surface area contributed by atoms with Crippen LogP contribution >= 0.6 is 0 Å². The lowest BCUT2D eigenvalue weighted by molar-refractivity contribution is -0.115. The fraction of sp³-hybridized carbons (Fsp3) is 0.700. The van der Waals surface area contributed by atoms with Gasteiger partial charge in [-0.2, -0.15) is 0 Å². The molecular weight excluding hydrogens is 152 g/mol. The van der Waals surface area contributed by atoms with Crippen LogP contribution in [0.4, 0.5) is 0 Å². The zero-order valence-corrected chi connectivity index (χ0v) is 7.75. The summed E-state index contributed by atoms with van der Waals surface area (Å²) < 4.78 is 5.70. The molecule has 1 aliphatic rings. The Morgan fingerprint density at radius 1 is 1.75 bits per heavy atom. The van der Waals surface area contributed by atoms with E-state index in [0.29, 0.717) is 0 Å². The second kappa shape index (κ2) is 3.40. The molecule has 1 fully saturated rings. The molecule has 0 spiro atoms. The zero-order valence-electron chi connectivity index (χ0n) is 7.75. The third-order valence-electron chi connectivity index (χ3n) is 2.58. The van der Waals surface area contributed by atoms with E-state index >= 15 is 0 Å². The molecule has 1 heterocycles. The minimum atomic E-state index is -0.206. The Labute approximate surface area is 73.6 Å². The van der Waals surface area contributed by atoms with Gasteiger partial charge in [0.05, 0.1) is 11.7 Å². The van der Waals surface area contributed by atoms with Crippen LogP contribution in [-0.4, -0.2) is 18.0 Å². The van der Waals surface area contributed by atoms with Gasteiger partial charge in [-0.3, -0.25) is 0 Å². The molecule has 2 heteroatoms. The van der Waals surface area contributed by atoms with Crippen LogP contribution in [-0.2, 0) is 9.53 Å². The summed E-state index contributed by atoms with van der Waals surface area (Å²) in [6.45, 7) is 7.63. The van der Waals surface area contributed by atoms with Crippen LogP contribution in [0.15, 0.2) is 12.7 Å². The van der Waals surface area contributed by atoms with Crippen molar-refractivity contribution in [1.82, 2.24) is 0 Å². The Balaban J connectivity index is 2.55. The van der Waals surface area contributed by atoms with E-state index in [2.05, 4.69) is 6.58 Å². The predicted octanol–water partition coefficient (Wildman–Crippen LogP) is 1.95. The molecule has 1 saturated heterocycles. The van der Waals surface area contributed by atoms with Crippen molar-refractivity contribution in [2.24, 2.45) is 5.92 Å². The smallest absolute Gasteiger partial charge is 0.125 e. The van der Waals surface area contributed by atoms with E-state index in [1.54, 1.807) is 0 Å². The lowest BCUT2D eigenvalue weighted by atomic mass is 10.00. The summed E-state index contributed by atoms with van der Waals surface area (Å²) in [4.78, 5) is 10.5. The van der Waals surface area contributed by atoms with Crippen molar-refractivity contribution < 1.29 is 9.53 Å². The van der Waals surface area contributed by atoms with Crippen molar-refractivity contribution >= 4 is 6.29 Å². The molecule has 0 N–H and O–H groups in total. The number of carbonyl (C=O) groups excluding carboxylic acids is 1. The molecule has 12 heavy (non-hydrogen) atoms. The van der Waals surface area contributed by atoms with Crippen LogP contribution in [0.1, 0.15) is 26.7 Å². The summed E-state index contributed by atoms with van der Waals surface area (Å²) in [7, 11) is 0. The van der Waals surface area contributed by atoms with Crippen LogP contribution in [0.25, 0.3) is 0 Å². The van der Waals surface area contributed by atoms with Crippen LogP contribution < -0.4 is 0 Å². The third-order valence-corrected chi connectivity index (χ3v) is 2.58. The number of ether oxygens (including phenoxy) is 1. The van der Waals surface area contributed by atoms with Gasteiger partial charge in [0, 0.05) is 5.92 Å². The number of rotatable bonds is 3. The van der Waals surface area contributed by atoms with Gasteiger partial charge in [-0.1, -0.05) is 13.0 Å². The first-order chi connectivity index (χ1) is 5.61. The summed E-state index contributed by atoms with van der Waals surface area (Å²) in [6.07, 6.45) is 4.80. The average molecular weight is 168 g/mol. The largest absolute Gasteiger partial charge is 0.367 e. The first kappa shape index (κ1) is 9.46. The highest BCUT2D eigenvalue weighted by Crippen LogP contribution is 2.33. The molecule has 0 saturated carbocycles. The topological polar surface area (TPSA) is 26.3 Å². The summed E-state index contributed by atoms with van der Waals surface area (Å²) >= 11 is 0. The van der Waals surface area contributed by atoms with Gasteiger partial charge >= 0.3 is 0 Å². The average Bonchev–Trinajstić information content (AvgIpc) is 2.48. The molecule has 0 aromatic heterocycles. The van der Waals surface area contributed by atoms with Crippen molar-refractivity contribution in [1.29, 1.82) is 0 Å². The lowest BCUT2D eigenvalue weighted by Gasteiger charge is -2.21. The van der Waals surface area contributed by atoms with E-state index in [0.717, 1.165) is 19.1 Å². The molecule has 0 aromatic carbocycles. The summed E-state index contributed by atoms with van der Waals surface area (Å²) in [5.41, 5.74) is -0.206. The van der Waals surface area contributed by atoms with Gasteiger partial charge in [-0.25, -0.2) is 0 Å². The molecule has 1 rings (SSSR count). The first-order valence-electron chi connectivity index (χ1n) is 4.38. The number of carbonyl (C=O) groups is 1. The van der Waals surface area contributed by atoms with Crippen LogP contribution in [0, 0.1) is 5.92 Å². The summed E-state index contributed by atoms with van der Waals surface area (Å²) in [5, 5.41) is 0. The molecule has 2 nitrogen and oxygen atoms in total. The fourth-order valence-electron chi connectivity index (χ4n) is 1.50. The molecule has 3 atom stereocenters. The molecular formula is C10H16O2. The number of hydrogen-bond acceptors (Lipinski definition) is 2. The second-order valence-corrected chi connectivity index (χ2v) is 3.71. The molecule has 0 bridgehead atoms. The molecule has 0 amide bonds. The summed E-state index contributed by atoms with van der Waals surface area (Å²) in [6, 6.07) is 0. The van der Waals surface area contributed by atoms with E-state index in [-0.39, 0.29) is 17.6 Å². The molecule has 0 aromatic rings. The zero-order chi connectivity index (χ0) is 9.19. The van der Waals surface area contributed by atoms with Gasteiger partial charge in [-0.15, -0.1) is 6.58 Å². The Morgan fingerprint density at radius 2 is 2.42 bits per heavy atom. The normalized spacial score (nSPS) is 37.7. The predicted molar refractivity (Wildman–Crippen MR) is 47.9 cm³/mol. The van der Waals surface area contributed by atoms with Gasteiger partial charge < -0.3 is 9.53 Å². The monoisotopic (exact) mass is 168 g/mol. The number of hydrogen-bond donors (Lipinski definition) is 0. The SMILES string of the molecule is C=C[C@]1(C)CC[C@@H]([C@H](C)C=O)O1. The minimum absolute atomic E-state index is 0.00627. The standard InChI is InChI=1S/C10H16O2/c1-4-10(3)6-5-9(12-10)8(2)7-11/h4,7-9H,1,5-6H2,2-3H3/t8-,9+,10-/m1/s1. The van der Waals surface area contributed by atoms with E-state index in [9.17, 15) is 4.79 Å². The Kier molecular flexibility index (Phi) is 2.68. The van der Waals surface area contributed by atoms with Gasteiger partial charge in [0.1, 0.15) is 6.29 Å². The Bertz CT molecular complexity index is 188. The van der Waals surface area contributed by atoms with Crippen molar-refractivity contribution in [3.05, 3.63) is 12.7 Å².